The van der Waals surface area contributed by atoms with Crippen LogP contribution in [0.15, 0.2) is 231 Å². The monoisotopic (exact) mass is 846 g/mol. The van der Waals surface area contributed by atoms with Crippen LogP contribution in [0.3, 0.4) is 0 Å². The van der Waals surface area contributed by atoms with E-state index in [0.717, 1.165) is 89.8 Å². The first-order valence-corrected chi connectivity index (χ1v) is 21.7. The predicted octanol–water partition coefficient (Wildman–Crippen LogP) is 13.5. The standard InChI is InChI=1S/C58H38N8/c1-5-15-41(16-6-1)51-37-52(63-55(62-51)43-17-7-2-8-18-43)42-28-24-39(25-29-42)47-32-33-50(60-38-47)54-36-48(35-53(61-54)49-23-13-14-34-59-49)40-26-30-46(31-27-40)58-65-56(44-19-9-3-10-20-44)64-57(66-58)45-21-11-4-12-22-45/h1-38H. The van der Waals surface area contributed by atoms with Crippen LogP contribution in [-0.4, -0.2) is 39.9 Å². The Kier molecular flexibility index (Phi) is 10.8. The maximum Gasteiger partial charge on any atom is 0.164 e. The smallest absolute Gasteiger partial charge is 0.164 e. The summed E-state index contributed by atoms with van der Waals surface area (Å²) in [7, 11) is 0. The summed E-state index contributed by atoms with van der Waals surface area (Å²) in [5.74, 6) is 2.53. The summed E-state index contributed by atoms with van der Waals surface area (Å²) in [6.45, 7) is 0. The van der Waals surface area contributed by atoms with Crippen LogP contribution >= 0.6 is 0 Å². The van der Waals surface area contributed by atoms with Crippen LogP contribution in [0.2, 0.25) is 0 Å². The summed E-state index contributed by atoms with van der Waals surface area (Å²) in [6, 6.07) is 73.3. The van der Waals surface area contributed by atoms with Gasteiger partial charge in [0.15, 0.2) is 23.3 Å². The fraction of sp³-hybridized carbons (Fsp3) is 0. The van der Waals surface area contributed by atoms with Gasteiger partial charge in [0.05, 0.1) is 34.2 Å². The van der Waals surface area contributed by atoms with Crippen LogP contribution in [0.4, 0.5) is 0 Å². The van der Waals surface area contributed by atoms with Gasteiger partial charge in [-0.3, -0.25) is 9.97 Å². The zero-order valence-corrected chi connectivity index (χ0v) is 35.5. The Hall–Kier alpha value is -9.14. The van der Waals surface area contributed by atoms with Crippen molar-refractivity contribution < 1.29 is 0 Å². The summed E-state index contributed by atoms with van der Waals surface area (Å²) >= 11 is 0. The van der Waals surface area contributed by atoms with Crippen LogP contribution in [0.1, 0.15) is 0 Å². The molecule has 11 aromatic rings. The normalized spacial score (nSPS) is 11.0. The fourth-order valence-electron chi connectivity index (χ4n) is 7.84. The summed E-state index contributed by atoms with van der Waals surface area (Å²) in [5.41, 5.74) is 14.5. The molecule has 0 aliphatic carbocycles. The second kappa shape index (κ2) is 17.9. The minimum atomic E-state index is 0.598. The van der Waals surface area contributed by atoms with Crippen molar-refractivity contribution in [1.82, 2.24) is 39.9 Å². The van der Waals surface area contributed by atoms with Crippen molar-refractivity contribution in [2.24, 2.45) is 0 Å². The predicted molar refractivity (Wildman–Crippen MR) is 263 cm³/mol. The molecule has 0 atom stereocenters. The lowest BCUT2D eigenvalue weighted by atomic mass is 10.0. The molecule has 0 unspecified atom stereocenters. The maximum atomic E-state index is 5.08. The van der Waals surface area contributed by atoms with Crippen LogP contribution in [0.5, 0.6) is 0 Å². The summed E-state index contributed by atoms with van der Waals surface area (Å²) in [6.07, 6.45) is 3.69. The third-order valence-corrected chi connectivity index (χ3v) is 11.3. The quantitative estimate of drug-likeness (QED) is 0.134. The molecule has 11 rings (SSSR count). The Morgan fingerprint density at radius 2 is 0.576 bits per heavy atom. The van der Waals surface area contributed by atoms with Crippen molar-refractivity contribution >= 4 is 0 Å². The van der Waals surface area contributed by atoms with Crippen LogP contribution in [-0.2, 0) is 0 Å². The molecule has 0 fully saturated rings. The van der Waals surface area contributed by atoms with E-state index in [4.69, 9.17) is 34.9 Å². The fourth-order valence-corrected chi connectivity index (χ4v) is 7.84. The summed E-state index contributed by atoms with van der Waals surface area (Å²) < 4.78 is 0. The Labute approximate surface area is 382 Å². The van der Waals surface area contributed by atoms with Crippen LogP contribution in [0.25, 0.3) is 113 Å². The lowest BCUT2D eigenvalue weighted by Crippen LogP contribution is -2.00. The van der Waals surface area contributed by atoms with E-state index in [0.29, 0.717) is 23.3 Å². The average molecular weight is 847 g/mol. The molecule has 0 N–H and O–H groups in total. The van der Waals surface area contributed by atoms with E-state index in [1.807, 2.05) is 140 Å². The molecule has 8 nitrogen and oxygen atoms in total. The zero-order valence-electron chi connectivity index (χ0n) is 35.5. The Bertz CT molecular complexity index is 3290. The number of nitrogens with zero attached hydrogens (tertiary/aromatic N) is 8. The van der Waals surface area contributed by atoms with Gasteiger partial charge in [0.2, 0.25) is 0 Å². The summed E-state index contributed by atoms with van der Waals surface area (Å²) in [4.78, 5) is 39.4. The molecule has 5 heterocycles. The minimum absolute atomic E-state index is 0.598. The molecule has 0 amide bonds. The van der Waals surface area contributed by atoms with Gasteiger partial charge in [-0.1, -0.05) is 182 Å². The number of aromatic nitrogens is 8. The number of hydrogen-bond donors (Lipinski definition) is 0. The molecule has 5 aromatic heterocycles. The molecule has 310 valence electrons. The third kappa shape index (κ3) is 8.50. The van der Waals surface area contributed by atoms with Gasteiger partial charge >= 0.3 is 0 Å². The van der Waals surface area contributed by atoms with Gasteiger partial charge in [0.1, 0.15) is 0 Å². The van der Waals surface area contributed by atoms with Crippen molar-refractivity contribution in [1.29, 1.82) is 0 Å². The van der Waals surface area contributed by atoms with Gasteiger partial charge in [-0.05, 0) is 53.1 Å². The van der Waals surface area contributed by atoms with E-state index in [1.54, 1.807) is 6.20 Å². The highest BCUT2D eigenvalue weighted by atomic mass is 15.0. The summed E-state index contributed by atoms with van der Waals surface area (Å²) in [5, 5.41) is 0. The number of hydrogen-bond acceptors (Lipinski definition) is 8. The lowest BCUT2D eigenvalue weighted by Gasteiger charge is -2.11. The van der Waals surface area contributed by atoms with E-state index < -0.39 is 0 Å². The van der Waals surface area contributed by atoms with E-state index >= 15 is 0 Å². The van der Waals surface area contributed by atoms with Crippen molar-refractivity contribution in [3.8, 4) is 113 Å². The van der Waals surface area contributed by atoms with Crippen molar-refractivity contribution in [3.63, 3.8) is 0 Å². The van der Waals surface area contributed by atoms with Crippen LogP contribution < -0.4 is 0 Å². The second-order valence-electron chi connectivity index (χ2n) is 15.7. The molecule has 0 aliphatic heterocycles. The molecule has 0 aliphatic rings. The van der Waals surface area contributed by atoms with E-state index in [9.17, 15) is 0 Å². The van der Waals surface area contributed by atoms with Crippen molar-refractivity contribution in [2.75, 3.05) is 0 Å². The van der Waals surface area contributed by atoms with Crippen molar-refractivity contribution in [3.05, 3.63) is 231 Å². The molecular weight excluding hydrogens is 809 g/mol. The number of pyridine rings is 3. The van der Waals surface area contributed by atoms with Gasteiger partial charge in [0.25, 0.3) is 0 Å². The largest absolute Gasteiger partial charge is 0.255 e. The maximum absolute atomic E-state index is 5.08. The molecular formula is C58H38N8. The highest BCUT2D eigenvalue weighted by Crippen LogP contribution is 2.33. The van der Waals surface area contributed by atoms with Gasteiger partial charge in [-0.2, -0.15) is 0 Å². The zero-order chi connectivity index (χ0) is 44.1. The molecule has 0 bridgehead atoms. The van der Waals surface area contributed by atoms with Crippen LogP contribution in [0, 0.1) is 0 Å². The first-order valence-electron chi connectivity index (χ1n) is 21.7. The number of benzene rings is 6. The topological polar surface area (TPSA) is 103 Å². The molecule has 0 saturated heterocycles. The van der Waals surface area contributed by atoms with E-state index in [1.165, 1.54) is 0 Å². The Balaban J connectivity index is 0.899. The molecule has 0 saturated carbocycles. The Morgan fingerprint density at radius 3 is 1.05 bits per heavy atom. The molecule has 8 heteroatoms. The highest BCUT2D eigenvalue weighted by molar-refractivity contribution is 5.78. The molecule has 6 aromatic carbocycles. The van der Waals surface area contributed by atoms with Gasteiger partial charge in [0, 0.05) is 51.3 Å². The first-order chi connectivity index (χ1) is 32.7. The van der Waals surface area contributed by atoms with E-state index in [2.05, 4.69) is 89.9 Å². The molecule has 0 radical (unpaired) electrons. The average Bonchev–Trinajstić information content (AvgIpc) is 3.42. The minimum Gasteiger partial charge on any atom is -0.255 e. The lowest BCUT2D eigenvalue weighted by molar-refractivity contribution is 1.07. The number of rotatable bonds is 10. The molecule has 66 heavy (non-hydrogen) atoms. The first kappa shape index (κ1) is 39.7. The SMILES string of the molecule is c1ccc(-c2cc(-c3ccc(-c4ccc(-c5cc(-c6ccc(-c7nc(-c8ccccc8)nc(-c8ccccc8)n7)cc6)cc(-c6ccccn6)n5)nc4)cc3)nc(-c3ccccc3)n2)cc1. The van der Waals surface area contributed by atoms with Gasteiger partial charge in [-0.15, -0.1) is 0 Å². The van der Waals surface area contributed by atoms with Crippen molar-refractivity contribution in [2.45, 2.75) is 0 Å². The van der Waals surface area contributed by atoms with Gasteiger partial charge in [-0.25, -0.2) is 29.9 Å². The third-order valence-electron chi connectivity index (χ3n) is 11.3. The highest BCUT2D eigenvalue weighted by Gasteiger charge is 2.16. The van der Waals surface area contributed by atoms with Gasteiger partial charge < -0.3 is 0 Å². The molecule has 0 spiro atoms. The Morgan fingerprint density at radius 1 is 0.197 bits per heavy atom. The second-order valence-corrected chi connectivity index (χ2v) is 15.7. The van der Waals surface area contributed by atoms with E-state index in [-0.39, 0.29) is 0 Å².